The Hall–Kier alpha value is -3.76. The van der Waals surface area contributed by atoms with Gasteiger partial charge in [-0.1, -0.05) is 60.7 Å². The minimum absolute atomic E-state index is 0.572. The fourth-order valence-electron chi connectivity index (χ4n) is 3.72. The van der Waals surface area contributed by atoms with Crippen LogP contribution in [0.15, 0.2) is 106 Å². The molecule has 2 aromatic heterocycles. The maximum absolute atomic E-state index is 6.36. The first-order chi connectivity index (χ1) is 14.8. The third-order valence-electron chi connectivity index (χ3n) is 5.17. The van der Waals surface area contributed by atoms with Crippen molar-refractivity contribution in [3.63, 3.8) is 0 Å². The maximum atomic E-state index is 6.36. The molecule has 0 aliphatic rings. The van der Waals surface area contributed by atoms with E-state index in [1.54, 1.807) is 11.3 Å². The van der Waals surface area contributed by atoms with Gasteiger partial charge in [0.1, 0.15) is 10.6 Å². The molecule has 0 N–H and O–H groups in total. The Kier molecular flexibility index (Phi) is 3.96. The molecule has 0 unspecified atom stereocenters. The highest BCUT2D eigenvalue weighted by molar-refractivity contribution is 7.21. The molecule has 0 fully saturated rings. The molecule has 142 valence electrons. The topological polar surface area (TPSA) is 38.4 Å². The molecule has 0 aliphatic carbocycles. The molecule has 0 spiro atoms. The van der Waals surface area contributed by atoms with Crippen molar-refractivity contribution in [2.45, 2.75) is 0 Å². The van der Waals surface area contributed by atoms with E-state index < -0.39 is 0 Å². The molecule has 0 saturated carbocycles. The van der Waals surface area contributed by atoms with Gasteiger partial charge < -0.3 is 4.42 Å². The molecule has 3 nitrogen and oxygen atoms in total. The van der Waals surface area contributed by atoms with Crippen LogP contribution in [-0.2, 0) is 0 Å². The summed E-state index contributed by atoms with van der Waals surface area (Å²) >= 11 is 1.66. The second-order valence-corrected chi connectivity index (χ2v) is 8.13. The Morgan fingerprint density at radius 2 is 1.53 bits per heavy atom. The predicted octanol–water partition coefficient (Wildman–Crippen LogP) is 7.10. The largest absolute Gasteiger partial charge is 0.438 e. The number of hydrogen-bond acceptors (Lipinski definition) is 4. The number of nitrogens with zero attached hydrogens (tertiary/aromatic N) is 2. The highest BCUT2D eigenvalue weighted by atomic mass is 32.1. The smallest absolute Gasteiger partial charge is 0.230 e. The summed E-state index contributed by atoms with van der Waals surface area (Å²) in [6.07, 6.45) is 0. The van der Waals surface area contributed by atoms with Gasteiger partial charge in [0.05, 0.1) is 21.5 Å². The van der Waals surface area contributed by atoms with Crippen molar-refractivity contribution in [1.82, 2.24) is 4.98 Å². The average Bonchev–Trinajstić information content (AvgIpc) is 3.23. The Morgan fingerprint density at radius 3 is 2.43 bits per heavy atom. The van der Waals surface area contributed by atoms with Crippen molar-refractivity contribution >= 4 is 49.0 Å². The molecule has 4 heteroatoms. The van der Waals surface area contributed by atoms with E-state index in [0.29, 0.717) is 5.55 Å². The van der Waals surface area contributed by atoms with Gasteiger partial charge in [0.2, 0.25) is 5.55 Å². The number of para-hydroxylation sites is 2. The van der Waals surface area contributed by atoms with Crippen LogP contribution < -0.4 is 5.55 Å². The van der Waals surface area contributed by atoms with Crippen LogP contribution in [-0.4, -0.2) is 4.98 Å². The van der Waals surface area contributed by atoms with E-state index >= 15 is 0 Å². The maximum Gasteiger partial charge on any atom is 0.230 e. The van der Waals surface area contributed by atoms with Crippen LogP contribution in [0.3, 0.4) is 0 Å². The molecule has 2 heterocycles. The van der Waals surface area contributed by atoms with E-state index in [0.717, 1.165) is 42.8 Å². The Morgan fingerprint density at radius 1 is 0.733 bits per heavy atom. The summed E-state index contributed by atoms with van der Waals surface area (Å²) in [6.45, 7) is 0. The summed E-state index contributed by atoms with van der Waals surface area (Å²) < 4.78 is 7.50. The third-order valence-corrected chi connectivity index (χ3v) is 6.24. The van der Waals surface area contributed by atoms with Gasteiger partial charge >= 0.3 is 0 Å². The van der Waals surface area contributed by atoms with E-state index in [2.05, 4.69) is 42.5 Å². The standard InChI is InChI=1S/C26H16N2OS/c1-2-9-18(10-3-1)27-25-21(26-28-22-12-6-7-13-24(22)30-26)16-20-19-11-5-4-8-17(19)14-15-23(20)29-25/h1-16H. The van der Waals surface area contributed by atoms with Gasteiger partial charge in [-0.25, -0.2) is 9.98 Å². The zero-order chi connectivity index (χ0) is 19.9. The van der Waals surface area contributed by atoms with Crippen LogP contribution in [0.25, 0.3) is 42.5 Å². The number of rotatable bonds is 2. The molecule has 0 saturated heterocycles. The molecule has 0 amide bonds. The van der Waals surface area contributed by atoms with Gasteiger partial charge in [-0.2, -0.15) is 0 Å². The molecule has 0 bridgehead atoms. The first kappa shape index (κ1) is 17.1. The van der Waals surface area contributed by atoms with Crippen molar-refractivity contribution < 1.29 is 4.42 Å². The molecule has 6 aromatic rings. The lowest BCUT2D eigenvalue weighted by Gasteiger charge is -2.06. The lowest BCUT2D eigenvalue weighted by Crippen LogP contribution is -2.05. The van der Waals surface area contributed by atoms with Gasteiger partial charge in [0, 0.05) is 5.39 Å². The Balaban J connectivity index is 1.71. The van der Waals surface area contributed by atoms with Crippen LogP contribution in [0.1, 0.15) is 0 Å². The number of fused-ring (bicyclic) bond motifs is 4. The highest BCUT2D eigenvalue weighted by Crippen LogP contribution is 2.32. The van der Waals surface area contributed by atoms with Crippen molar-refractivity contribution in [3.8, 4) is 10.6 Å². The van der Waals surface area contributed by atoms with Gasteiger partial charge in [0.25, 0.3) is 0 Å². The van der Waals surface area contributed by atoms with Crippen LogP contribution in [0.4, 0.5) is 5.69 Å². The average molecular weight is 404 g/mol. The van der Waals surface area contributed by atoms with Crippen molar-refractivity contribution in [3.05, 3.63) is 103 Å². The zero-order valence-corrected chi connectivity index (χ0v) is 16.8. The quantitative estimate of drug-likeness (QED) is 0.289. The van der Waals surface area contributed by atoms with Crippen LogP contribution in [0.2, 0.25) is 0 Å². The highest BCUT2D eigenvalue weighted by Gasteiger charge is 2.13. The normalized spacial score (nSPS) is 12.2. The molecule has 4 aromatic carbocycles. The van der Waals surface area contributed by atoms with E-state index in [4.69, 9.17) is 14.4 Å². The minimum atomic E-state index is 0.572. The van der Waals surface area contributed by atoms with Gasteiger partial charge in [-0.05, 0) is 47.2 Å². The lowest BCUT2D eigenvalue weighted by molar-refractivity contribution is 0.548. The minimum Gasteiger partial charge on any atom is -0.438 e. The van der Waals surface area contributed by atoms with Crippen molar-refractivity contribution in [1.29, 1.82) is 0 Å². The van der Waals surface area contributed by atoms with Crippen molar-refractivity contribution in [2.24, 2.45) is 4.99 Å². The first-order valence-electron chi connectivity index (χ1n) is 9.76. The van der Waals surface area contributed by atoms with Crippen LogP contribution in [0.5, 0.6) is 0 Å². The number of hydrogen-bond donors (Lipinski definition) is 0. The van der Waals surface area contributed by atoms with Gasteiger partial charge in [-0.3, -0.25) is 0 Å². The SMILES string of the molecule is c1ccc(N=c2oc3ccc4ccccc4c3cc2-c2nc3ccccc3s2)cc1. The van der Waals surface area contributed by atoms with E-state index in [1.165, 1.54) is 5.39 Å². The number of aromatic nitrogens is 1. The molecule has 0 aliphatic heterocycles. The summed E-state index contributed by atoms with van der Waals surface area (Å²) in [5, 5.41) is 4.31. The summed E-state index contributed by atoms with van der Waals surface area (Å²) in [5.41, 5.74) is 4.13. The van der Waals surface area contributed by atoms with Gasteiger partial charge in [-0.15, -0.1) is 11.3 Å². The second-order valence-electron chi connectivity index (χ2n) is 7.10. The number of benzene rings is 4. The van der Waals surface area contributed by atoms with Crippen LogP contribution in [0, 0.1) is 0 Å². The molecular weight excluding hydrogens is 388 g/mol. The van der Waals surface area contributed by atoms with Crippen molar-refractivity contribution in [2.75, 3.05) is 0 Å². The van der Waals surface area contributed by atoms with E-state index in [9.17, 15) is 0 Å². The molecule has 6 rings (SSSR count). The van der Waals surface area contributed by atoms with Crippen LogP contribution >= 0.6 is 11.3 Å². The van der Waals surface area contributed by atoms with E-state index in [1.807, 2.05) is 54.6 Å². The third kappa shape index (κ3) is 2.90. The number of thiazole rings is 1. The monoisotopic (exact) mass is 404 g/mol. The molecular formula is C26H16N2OS. The summed E-state index contributed by atoms with van der Waals surface area (Å²) in [5.74, 6) is 0. The molecule has 0 radical (unpaired) electrons. The summed E-state index contributed by atoms with van der Waals surface area (Å²) in [7, 11) is 0. The molecule has 0 atom stereocenters. The Bertz CT molecular complexity index is 1560. The summed E-state index contributed by atoms with van der Waals surface area (Å²) in [4.78, 5) is 9.69. The second kappa shape index (κ2) is 6.94. The fraction of sp³-hybridized carbons (Fsp3) is 0. The van der Waals surface area contributed by atoms with Gasteiger partial charge in [0.15, 0.2) is 0 Å². The van der Waals surface area contributed by atoms with E-state index in [-0.39, 0.29) is 0 Å². The molecule has 30 heavy (non-hydrogen) atoms. The zero-order valence-electron chi connectivity index (χ0n) is 15.9. The first-order valence-corrected chi connectivity index (χ1v) is 10.6. The predicted molar refractivity (Wildman–Crippen MR) is 124 cm³/mol. The summed E-state index contributed by atoms with van der Waals surface area (Å²) in [6, 6.07) is 32.7. The fourth-order valence-corrected chi connectivity index (χ4v) is 4.70. The Labute approximate surface area is 176 Å². The lowest BCUT2D eigenvalue weighted by atomic mass is 10.0.